The molecular formula is C14H22O. The first-order valence-electron chi connectivity index (χ1n) is 5.85. The van der Waals surface area contributed by atoms with Crippen LogP contribution in [0.1, 0.15) is 50.9 Å². The van der Waals surface area contributed by atoms with Crippen molar-refractivity contribution >= 4 is 5.78 Å². The second kappa shape index (κ2) is 8.22. The van der Waals surface area contributed by atoms with Gasteiger partial charge in [-0.3, -0.25) is 4.79 Å². The van der Waals surface area contributed by atoms with Crippen molar-refractivity contribution in [1.82, 2.24) is 0 Å². The SMILES string of the molecule is CC.CCCC(C)C(=O)c1ccccc1. The Balaban J connectivity index is 0.000000921. The summed E-state index contributed by atoms with van der Waals surface area (Å²) in [5, 5.41) is 0. The van der Waals surface area contributed by atoms with Crippen LogP contribution in [0.5, 0.6) is 0 Å². The van der Waals surface area contributed by atoms with Crippen LogP contribution in [0.4, 0.5) is 0 Å². The van der Waals surface area contributed by atoms with Crippen molar-refractivity contribution in [2.75, 3.05) is 0 Å². The molecule has 1 rings (SSSR count). The molecule has 0 fully saturated rings. The first-order valence-corrected chi connectivity index (χ1v) is 5.85. The van der Waals surface area contributed by atoms with E-state index >= 15 is 0 Å². The maximum absolute atomic E-state index is 11.7. The Kier molecular flexibility index (Phi) is 7.61. The molecule has 0 saturated heterocycles. The summed E-state index contributed by atoms with van der Waals surface area (Å²) in [5.41, 5.74) is 0.837. The Hall–Kier alpha value is -1.11. The van der Waals surface area contributed by atoms with E-state index in [1.807, 2.05) is 51.1 Å². The first-order chi connectivity index (χ1) is 7.25. The fraction of sp³-hybridized carbons (Fsp3) is 0.500. The maximum atomic E-state index is 11.7. The van der Waals surface area contributed by atoms with Gasteiger partial charge in [-0.2, -0.15) is 0 Å². The van der Waals surface area contributed by atoms with Crippen LogP contribution in [-0.4, -0.2) is 5.78 Å². The van der Waals surface area contributed by atoms with E-state index in [-0.39, 0.29) is 11.7 Å². The number of carbonyl (C=O) groups is 1. The largest absolute Gasteiger partial charge is 0.294 e. The predicted molar refractivity (Wildman–Crippen MR) is 66.2 cm³/mol. The van der Waals surface area contributed by atoms with Gasteiger partial charge < -0.3 is 0 Å². The van der Waals surface area contributed by atoms with E-state index in [9.17, 15) is 4.79 Å². The molecule has 0 aliphatic rings. The minimum atomic E-state index is 0.160. The molecule has 0 aliphatic heterocycles. The van der Waals surface area contributed by atoms with Gasteiger partial charge in [-0.1, -0.05) is 64.4 Å². The molecule has 0 aliphatic carbocycles. The molecule has 0 spiro atoms. The molecule has 1 aromatic rings. The van der Waals surface area contributed by atoms with Crippen molar-refractivity contribution in [3.8, 4) is 0 Å². The second-order valence-corrected chi connectivity index (χ2v) is 3.42. The third kappa shape index (κ3) is 4.78. The van der Waals surface area contributed by atoms with Gasteiger partial charge in [-0.25, -0.2) is 0 Å². The molecule has 0 radical (unpaired) electrons. The van der Waals surface area contributed by atoms with Crippen molar-refractivity contribution < 1.29 is 4.79 Å². The minimum Gasteiger partial charge on any atom is -0.294 e. The van der Waals surface area contributed by atoms with Gasteiger partial charge >= 0.3 is 0 Å². The van der Waals surface area contributed by atoms with Gasteiger partial charge in [0.05, 0.1) is 0 Å². The van der Waals surface area contributed by atoms with E-state index in [1.54, 1.807) is 0 Å². The van der Waals surface area contributed by atoms with Gasteiger partial charge in [0, 0.05) is 11.5 Å². The fourth-order valence-corrected chi connectivity index (χ4v) is 1.45. The molecule has 1 nitrogen and oxygen atoms in total. The first kappa shape index (κ1) is 13.9. The summed E-state index contributed by atoms with van der Waals surface area (Å²) < 4.78 is 0. The molecule has 0 saturated carbocycles. The van der Waals surface area contributed by atoms with Crippen LogP contribution in [0.15, 0.2) is 30.3 Å². The maximum Gasteiger partial charge on any atom is 0.165 e. The second-order valence-electron chi connectivity index (χ2n) is 3.42. The standard InChI is InChI=1S/C12H16O.C2H6/c1-3-7-10(2)12(13)11-8-5-4-6-9-11;1-2/h4-6,8-10H,3,7H2,1-2H3;1-2H3. The molecule has 15 heavy (non-hydrogen) atoms. The Morgan fingerprint density at radius 2 is 1.73 bits per heavy atom. The highest BCUT2D eigenvalue weighted by Crippen LogP contribution is 2.12. The summed E-state index contributed by atoms with van der Waals surface area (Å²) in [4.78, 5) is 11.7. The number of Topliss-reactive ketones (excluding diaryl/α,β-unsaturated/α-hetero) is 1. The molecular weight excluding hydrogens is 184 g/mol. The van der Waals surface area contributed by atoms with Crippen LogP contribution < -0.4 is 0 Å². The number of benzene rings is 1. The van der Waals surface area contributed by atoms with Gasteiger partial charge in [-0.05, 0) is 6.42 Å². The lowest BCUT2D eigenvalue weighted by Gasteiger charge is -2.08. The van der Waals surface area contributed by atoms with Gasteiger partial charge in [0.25, 0.3) is 0 Å². The van der Waals surface area contributed by atoms with E-state index in [1.165, 1.54) is 0 Å². The zero-order valence-corrected chi connectivity index (χ0v) is 10.3. The van der Waals surface area contributed by atoms with Crippen molar-refractivity contribution in [3.05, 3.63) is 35.9 Å². The molecule has 1 atom stereocenters. The minimum absolute atomic E-state index is 0.160. The summed E-state index contributed by atoms with van der Waals surface area (Å²) in [6.07, 6.45) is 2.05. The quantitative estimate of drug-likeness (QED) is 0.670. The van der Waals surface area contributed by atoms with E-state index in [0.29, 0.717) is 0 Å². The number of ketones is 1. The molecule has 0 amide bonds. The highest BCUT2D eigenvalue weighted by atomic mass is 16.1. The topological polar surface area (TPSA) is 17.1 Å². The molecule has 0 N–H and O–H groups in total. The molecule has 0 bridgehead atoms. The Morgan fingerprint density at radius 3 is 2.20 bits per heavy atom. The molecule has 1 unspecified atom stereocenters. The number of rotatable bonds is 4. The third-order valence-corrected chi connectivity index (χ3v) is 2.23. The Labute approximate surface area is 93.5 Å². The zero-order valence-electron chi connectivity index (χ0n) is 10.3. The normalized spacial score (nSPS) is 11.2. The monoisotopic (exact) mass is 206 g/mol. The zero-order chi connectivity index (χ0) is 11.7. The summed E-state index contributed by atoms with van der Waals surface area (Å²) in [6, 6.07) is 9.52. The van der Waals surface area contributed by atoms with Crippen LogP contribution in [0.2, 0.25) is 0 Å². The molecule has 84 valence electrons. The highest BCUT2D eigenvalue weighted by molar-refractivity contribution is 5.97. The summed E-state index contributed by atoms with van der Waals surface area (Å²) in [6.45, 7) is 8.10. The van der Waals surface area contributed by atoms with E-state index in [0.717, 1.165) is 18.4 Å². The van der Waals surface area contributed by atoms with E-state index in [2.05, 4.69) is 6.92 Å². The Bertz CT molecular complexity index is 264. The van der Waals surface area contributed by atoms with Crippen molar-refractivity contribution in [3.63, 3.8) is 0 Å². The molecule has 1 heteroatoms. The van der Waals surface area contributed by atoms with E-state index < -0.39 is 0 Å². The third-order valence-electron chi connectivity index (χ3n) is 2.23. The lowest BCUT2D eigenvalue weighted by atomic mass is 9.95. The van der Waals surface area contributed by atoms with Crippen LogP contribution in [0.25, 0.3) is 0 Å². The van der Waals surface area contributed by atoms with Crippen molar-refractivity contribution in [2.45, 2.75) is 40.5 Å². The average Bonchev–Trinajstić information content (AvgIpc) is 2.32. The number of carbonyl (C=O) groups excluding carboxylic acids is 1. The lowest BCUT2D eigenvalue weighted by Crippen LogP contribution is -2.10. The van der Waals surface area contributed by atoms with Crippen LogP contribution in [0.3, 0.4) is 0 Å². The van der Waals surface area contributed by atoms with Crippen LogP contribution in [-0.2, 0) is 0 Å². The van der Waals surface area contributed by atoms with Crippen molar-refractivity contribution in [2.24, 2.45) is 5.92 Å². The highest BCUT2D eigenvalue weighted by Gasteiger charge is 2.12. The smallest absolute Gasteiger partial charge is 0.165 e. The molecule has 0 aromatic heterocycles. The fourth-order valence-electron chi connectivity index (χ4n) is 1.45. The summed E-state index contributed by atoms with van der Waals surface area (Å²) >= 11 is 0. The van der Waals surface area contributed by atoms with E-state index in [4.69, 9.17) is 0 Å². The summed E-state index contributed by atoms with van der Waals surface area (Å²) in [5.74, 6) is 0.426. The average molecular weight is 206 g/mol. The van der Waals surface area contributed by atoms with Crippen molar-refractivity contribution in [1.29, 1.82) is 0 Å². The van der Waals surface area contributed by atoms with Gasteiger partial charge in [0.2, 0.25) is 0 Å². The van der Waals surface area contributed by atoms with Gasteiger partial charge in [0.1, 0.15) is 0 Å². The Morgan fingerprint density at radius 1 is 1.20 bits per heavy atom. The van der Waals surface area contributed by atoms with Crippen LogP contribution >= 0.6 is 0 Å². The summed E-state index contributed by atoms with van der Waals surface area (Å²) in [7, 11) is 0. The van der Waals surface area contributed by atoms with Crippen LogP contribution in [0, 0.1) is 5.92 Å². The van der Waals surface area contributed by atoms with Gasteiger partial charge in [-0.15, -0.1) is 0 Å². The predicted octanol–water partition coefficient (Wildman–Crippen LogP) is 4.33. The lowest BCUT2D eigenvalue weighted by molar-refractivity contribution is 0.0923. The number of hydrogen-bond donors (Lipinski definition) is 0. The molecule has 1 aromatic carbocycles. The van der Waals surface area contributed by atoms with Gasteiger partial charge in [0.15, 0.2) is 5.78 Å². The molecule has 0 heterocycles. The number of hydrogen-bond acceptors (Lipinski definition) is 1.